The smallest absolute Gasteiger partial charge is 0.238 e. The van der Waals surface area contributed by atoms with Crippen LogP contribution < -0.4 is 0 Å². The SMILES string of the molecule is c1ccc(-c2nc(-c3ccccc3)nc(-n3c4ccccc4c4c3ccc3c5ccccc5n(-c5ccc(-c6ccc(-c7ccc(-c8ccc9c%10ccccc%10c%10ccccc%10c9c8)cc7)cc6)cc5)c34)n2)cc1. The summed E-state index contributed by atoms with van der Waals surface area (Å²) in [6.07, 6.45) is 0. The van der Waals surface area contributed by atoms with Crippen LogP contribution in [0, 0.1) is 0 Å². The van der Waals surface area contributed by atoms with E-state index in [0.717, 1.165) is 55.2 Å². The van der Waals surface area contributed by atoms with Crippen molar-refractivity contribution in [2.45, 2.75) is 0 Å². The summed E-state index contributed by atoms with van der Waals surface area (Å²) in [5.41, 5.74) is 14.4. The van der Waals surface area contributed by atoms with Gasteiger partial charge in [-0.1, -0.05) is 224 Å². The molecule has 0 spiro atoms. The van der Waals surface area contributed by atoms with Gasteiger partial charge in [-0.2, -0.15) is 9.97 Å². The van der Waals surface area contributed by atoms with Crippen LogP contribution in [-0.2, 0) is 0 Å². The summed E-state index contributed by atoms with van der Waals surface area (Å²) in [6, 6.07) is 93.6. The van der Waals surface area contributed by atoms with E-state index in [1.54, 1.807) is 0 Å². The van der Waals surface area contributed by atoms with Crippen LogP contribution >= 0.6 is 0 Å². The van der Waals surface area contributed by atoms with Crippen LogP contribution in [0.4, 0.5) is 0 Å². The maximum absolute atomic E-state index is 5.21. The number of nitrogens with zero attached hydrogens (tertiary/aromatic N) is 5. The van der Waals surface area contributed by atoms with E-state index in [2.05, 4.69) is 234 Å². The molecule has 0 aliphatic heterocycles. The molecule has 15 aromatic rings. The van der Waals surface area contributed by atoms with Crippen molar-refractivity contribution in [3.63, 3.8) is 0 Å². The Hall–Kier alpha value is -9.97. The number of aromatic nitrogens is 5. The Kier molecular flexibility index (Phi) is 9.50. The van der Waals surface area contributed by atoms with Crippen LogP contribution in [-0.4, -0.2) is 24.1 Å². The fourth-order valence-corrected chi connectivity index (χ4v) is 11.5. The van der Waals surface area contributed by atoms with Gasteiger partial charge in [0.05, 0.1) is 22.1 Å². The lowest BCUT2D eigenvalue weighted by molar-refractivity contribution is 0.953. The minimum Gasteiger partial charge on any atom is -0.309 e. The molecular formula is C69H43N5. The van der Waals surface area contributed by atoms with E-state index in [4.69, 9.17) is 15.0 Å². The lowest BCUT2D eigenvalue weighted by Crippen LogP contribution is -2.06. The molecule has 15 rings (SSSR count). The normalized spacial score (nSPS) is 11.8. The average Bonchev–Trinajstić information content (AvgIpc) is 4.01. The van der Waals surface area contributed by atoms with E-state index in [-0.39, 0.29) is 0 Å². The average molecular weight is 942 g/mol. The molecule has 74 heavy (non-hydrogen) atoms. The highest BCUT2D eigenvalue weighted by Crippen LogP contribution is 2.43. The highest BCUT2D eigenvalue weighted by molar-refractivity contribution is 6.27. The molecular weight excluding hydrogens is 899 g/mol. The van der Waals surface area contributed by atoms with Crippen LogP contribution in [0.5, 0.6) is 0 Å². The molecule has 0 N–H and O–H groups in total. The van der Waals surface area contributed by atoms with E-state index in [9.17, 15) is 0 Å². The molecule has 0 amide bonds. The molecule has 0 aliphatic rings. The van der Waals surface area contributed by atoms with E-state index in [1.165, 1.54) is 70.9 Å². The van der Waals surface area contributed by atoms with Gasteiger partial charge in [0.2, 0.25) is 5.95 Å². The van der Waals surface area contributed by atoms with Crippen molar-refractivity contribution < 1.29 is 0 Å². The highest BCUT2D eigenvalue weighted by Gasteiger charge is 2.23. The zero-order valence-electron chi connectivity index (χ0n) is 40.1. The molecule has 0 unspecified atom stereocenters. The third-order valence-corrected chi connectivity index (χ3v) is 15.0. The lowest BCUT2D eigenvalue weighted by atomic mass is 9.91. The molecule has 5 nitrogen and oxygen atoms in total. The minimum absolute atomic E-state index is 0.572. The summed E-state index contributed by atoms with van der Waals surface area (Å²) in [4.78, 5) is 15.4. The van der Waals surface area contributed by atoms with Crippen molar-refractivity contribution >= 4 is 75.9 Å². The Morgan fingerprint density at radius 3 is 1.16 bits per heavy atom. The van der Waals surface area contributed by atoms with Crippen LogP contribution in [0.15, 0.2) is 261 Å². The number of para-hydroxylation sites is 2. The fourth-order valence-electron chi connectivity index (χ4n) is 11.5. The first kappa shape index (κ1) is 41.8. The van der Waals surface area contributed by atoms with Crippen LogP contribution in [0.25, 0.3) is 144 Å². The third kappa shape index (κ3) is 6.68. The molecule has 0 saturated carbocycles. The predicted octanol–water partition coefficient (Wildman–Crippen LogP) is 17.9. The molecule has 5 heteroatoms. The summed E-state index contributed by atoms with van der Waals surface area (Å²) >= 11 is 0. The van der Waals surface area contributed by atoms with Gasteiger partial charge in [-0.05, 0) is 102 Å². The van der Waals surface area contributed by atoms with Gasteiger partial charge in [-0.25, -0.2) is 4.98 Å². The molecule has 0 atom stereocenters. The summed E-state index contributed by atoms with van der Waals surface area (Å²) in [7, 11) is 0. The standard InChI is InChI=1S/C69H43N5/c1-3-15-49(16-4-1)67-70-68(50-17-5-2-6-18-50)72-69(71-67)74-63-26-14-12-24-60(63)65-64(74)42-41-59-58-23-11-13-25-62(58)73(66(59)65)52-38-35-47(36-39-52)46-29-27-44(28-30-46)45-31-33-48(34-32-45)51-37-40-57-55-21-8-7-19-53(55)54-20-9-10-22-56(54)61(57)43-51/h1-43H. The van der Waals surface area contributed by atoms with Crippen LogP contribution in [0.1, 0.15) is 0 Å². The first-order valence-electron chi connectivity index (χ1n) is 25.2. The number of benzene rings is 12. The Balaban J connectivity index is 0.790. The van der Waals surface area contributed by atoms with Crippen molar-refractivity contribution in [3.8, 4) is 67.8 Å². The summed E-state index contributed by atoms with van der Waals surface area (Å²) in [5.74, 6) is 1.82. The second-order valence-electron chi connectivity index (χ2n) is 19.1. The van der Waals surface area contributed by atoms with Crippen molar-refractivity contribution in [1.82, 2.24) is 24.1 Å². The van der Waals surface area contributed by atoms with Gasteiger partial charge >= 0.3 is 0 Å². The fraction of sp³-hybridized carbons (Fsp3) is 0. The van der Waals surface area contributed by atoms with Crippen molar-refractivity contribution in [1.29, 1.82) is 0 Å². The highest BCUT2D eigenvalue weighted by atomic mass is 15.2. The molecule has 0 fully saturated rings. The molecule has 0 bridgehead atoms. The van der Waals surface area contributed by atoms with Gasteiger partial charge in [0.15, 0.2) is 11.6 Å². The number of hydrogen-bond acceptors (Lipinski definition) is 3. The number of rotatable bonds is 7. The van der Waals surface area contributed by atoms with Gasteiger partial charge < -0.3 is 4.57 Å². The van der Waals surface area contributed by atoms with Crippen molar-refractivity contribution in [3.05, 3.63) is 261 Å². The molecule has 0 saturated heterocycles. The van der Waals surface area contributed by atoms with Gasteiger partial charge in [-0.3, -0.25) is 4.57 Å². The summed E-state index contributed by atoms with van der Waals surface area (Å²) in [6.45, 7) is 0. The Bertz CT molecular complexity index is 4580. The van der Waals surface area contributed by atoms with Gasteiger partial charge in [0.1, 0.15) is 0 Å². The Morgan fingerprint density at radius 2 is 0.622 bits per heavy atom. The second-order valence-corrected chi connectivity index (χ2v) is 19.1. The molecule has 3 heterocycles. The van der Waals surface area contributed by atoms with Crippen molar-refractivity contribution in [2.24, 2.45) is 0 Å². The predicted molar refractivity (Wildman–Crippen MR) is 308 cm³/mol. The van der Waals surface area contributed by atoms with E-state index < -0.39 is 0 Å². The maximum Gasteiger partial charge on any atom is 0.238 e. The maximum atomic E-state index is 5.21. The Morgan fingerprint density at radius 1 is 0.230 bits per heavy atom. The van der Waals surface area contributed by atoms with Crippen molar-refractivity contribution in [2.75, 3.05) is 0 Å². The van der Waals surface area contributed by atoms with Gasteiger partial charge in [-0.15, -0.1) is 0 Å². The van der Waals surface area contributed by atoms with Gasteiger partial charge in [0, 0.05) is 38.4 Å². The molecule has 12 aromatic carbocycles. The largest absolute Gasteiger partial charge is 0.309 e. The van der Waals surface area contributed by atoms with Gasteiger partial charge in [0.25, 0.3) is 0 Å². The topological polar surface area (TPSA) is 48.5 Å². The first-order chi connectivity index (χ1) is 36.7. The third-order valence-electron chi connectivity index (χ3n) is 15.0. The van der Waals surface area contributed by atoms with E-state index in [1.807, 2.05) is 36.4 Å². The molecule has 344 valence electrons. The molecule has 0 aliphatic carbocycles. The quantitative estimate of drug-likeness (QED) is 0.150. The Labute approximate surface area is 426 Å². The number of hydrogen-bond donors (Lipinski definition) is 0. The number of fused-ring (bicyclic) bond motifs is 13. The summed E-state index contributed by atoms with van der Waals surface area (Å²) < 4.78 is 4.64. The minimum atomic E-state index is 0.572. The zero-order chi connectivity index (χ0) is 48.7. The zero-order valence-corrected chi connectivity index (χ0v) is 40.1. The lowest BCUT2D eigenvalue weighted by Gasteiger charge is -2.12. The molecule has 0 radical (unpaired) electrons. The monoisotopic (exact) mass is 941 g/mol. The first-order valence-corrected chi connectivity index (χ1v) is 25.2. The summed E-state index contributed by atoms with van der Waals surface area (Å²) in [5, 5.41) is 12.4. The van der Waals surface area contributed by atoms with Crippen LogP contribution in [0.3, 0.4) is 0 Å². The van der Waals surface area contributed by atoms with Crippen LogP contribution in [0.2, 0.25) is 0 Å². The second kappa shape index (κ2) is 16.8. The van der Waals surface area contributed by atoms with E-state index in [0.29, 0.717) is 17.6 Å². The van der Waals surface area contributed by atoms with E-state index >= 15 is 0 Å². The molecule has 3 aromatic heterocycles.